The third-order valence-corrected chi connectivity index (χ3v) is 7.34. The fourth-order valence-electron chi connectivity index (χ4n) is 4.44. The number of hydrogen-bond donors (Lipinski definition) is 0. The Bertz CT molecular complexity index is 966. The van der Waals surface area contributed by atoms with Crippen LogP contribution in [0.1, 0.15) is 23.8 Å². The summed E-state index contributed by atoms with van der Waals surface area (Å²) in [7, 11) is 0. The first-order valence-corrected chi connectivity index (χ1v) is 11.6. The van der Waals surface area contributed by atoms with Crippen molar-refractivity contribution in [3.05, 3.63) is 53.7 Å². The van der Waals surface area contributed by atoms with Crippen molar-refractivity contribution in [2.24, 2.45) is 0 Å². The number of nitrogens with zero attached hydrogens (tertiary/aromatic N) is 5. The molecule has 3 aromatic rings. The molecule has 0 bridgehead atoms. The summed E-state index contributed by atoms with van der Waals surface area (Å²) < 4.78 is 1.24. The zero-order chi connectivity index (χ0) is 20.3. The summed E-state index contributed by atoms with van der Waals surface area (Å²) in [6.07, 6.45) is 4.01. The van der Waals surface area contributed by atoms with Crippen molar-refractivity contribution in [2.45, 2.75) is 18.8 Å². The molecule has 5 rings (SSSR count). The zero-order valence-electron chi connectivity index (χ0n) is 17.1. The molecule has 1 atom stereocenters. The van der Waals surface area contributed by atoms with E-state index in [0.29, 0.717) is 12.5 Å². The fourth-order valence-corrected chi connectivity index (χ4v) is 5.53. The minimum absolute atomic E-state index is 0.257. The molecule has 0 saturated carbocycles. The maximum absolute atomic E-state index is 13.0. The smallest absolute Gasteiger partial charge is 0.236 e. The monoisotopic (exact) mass is 421 g/mol. The molecule has 4 heterocycles. The van der Waals surface area contributed by atoms with Crippen LogP contribution in [-0.2, 0) is 4.79 Å². The lowest BCUT2D eigenvalue weighted by Gasteiger charge is -2.37. The number of amides is 1. The van der Waals surface area contributed by atoms with Gasteiger partial charge in [-0.15, -0.1) is 11.3 Å². The highest BCUT2D eigenvalue weighted by atomic mass is 32.1. The number of thiazole rings is 1. The van der Waals surface area contributed by atoms with E-state index in [4.69, 9.17) is 4.98 Å². The van der Waals surface area contributed by atoms with E-state index in [1.54, 1.807) is 11.3 Å². The van der Waals surface area contributed by atoms with Crippen LogP contribution in [0.4, 0.5) is 5.82 Å². The third kappa shape index (κ3) is 4.18. The summed E-state index contributed by atoms with van der Waals surface area (Å²) in [4.78, 5) is 28.9. The van der Waals surface area contributed by atoms with Crippen LogP contribution in [0.3, 0.4) is 0 Å². The van der Waals surface area contributed by atoms with Crippen molar-refractivity contribution in [2.75, 3.05) is 50.7 Å². The summed E-state index contributed by atoms with van der Waals surface area (Å²) in [5.74, 6) is 1.64. The van der Waals surface area contributed by atoms with E-state index in [9.17, 15) is 4.79 Å². The average molecular weight is 422 g/mol. The topological polar surface area (TPSA) is 52.6 Å². The molecule has 156 valence electrons. The van der Waals surface area contributed by atoms with Crippen LogP contribution >= 0.6 is 11.3 Å². The van der Waals surface area contributed by atoms with Gasteiger partial charge in [-0.2, -0.15) is 0 Å². The molecule has 0 N–H and O–H groups in total. The molecule has 7 heteroatoms. The Hall–Kier alpha value is -2.51. The first-order valence-electron chi connectivity index (χ1n) is 10.8. The van der Waals surface area contributed by atoms with E-state index in [1.165, 1.54) is 9.71 Å². The lowest BCUT2D eigenvalue weighted by Crippen LogP contribution is -2.51. The highest BCUT2D eigenvalue weighted by Gasteiger charge is 2.28. The highest BCUT2D eigenvalue weighted by molar-refractivity contribution is 7.18. The number of fused-ring (bicyclic) bond motifs is 1. The molecule has 1 aromatic carbocycles. The third-order valence-electron chi connectivity index (χ3n) is 6.14. The molecule has 2 saturated heterocycles. The fraction of sp³-hybridized carbons (Fsp3) is 0.435. The minimum atomic E-state index is 0.257. The Morgan fingerprint density at radius 2 is 1.87 bits per heavy atom. The average Bonchev–Trinajstić information content (AvgIpc) is 3.25. The van der Waals surface area contributed by atoms with Gasteiger partial charge in [0.1, 0.15) is 5.82 Å². The van der Waals surface area contributed by atoms with Crippen molar-refractivity contribution in [3.63, 3.8) is 0 Å². The highest BCUT2D eigenvalue weighted by Crippen LogP contribution is 2.33. The van der Waals surface area contributed by atoms with E-state index in [0.717, 1.165) is 63.4 Å². The van der Waals surface area contributed by atoms with Crippen LogP contribution in [-0.4, -0.2) is 71.5 Å². The Balaban J connectivity index is 1.16. The van der Waals surface area contributed by atoms with Gasteiger partial charge in [0.15, 0.2) is 0 Å². The van der Waals surface area contributed by atoms with Gasteiger partial charge >= 0.3 is 0 Å². The molecule has 2 fully saturated rings. The molecule has 0 spiro atoms. The number of hydrogen-bond acceptors (Lipinski definition) is 6. The number of anilines is 1. The van der Waals surface area contributed by atoms with E-state index in [2.05, 4.69) is 43.9 Å². The predicted octanol–water partition coefficient (Wildman–Crippen LogP) is 3.22. The molecule has 0 unspecified atom stereocenters. The van der Waals surface area contributed by atoms with Crippen LogP contribution in [0.25, 0.3) is 10.2 Å². The van der Waals surface area contributed by atoms with Gasteiger partial charge in [0, 0.05) is 51.4 Å². The molecular weight excluding hydrogens is 394 g/mol. The number of carbonyl (C=O) groups is 1. The molecular formula is C23H27N5OS. The molecule has 2 aliphatic heterocycles. The van der Waals surface area contributed by atoms with Gasteiger partial charge < -0.3 is 9.80 Å². The summed E-state index contributed by atoms with van der Waals surface area (Å²) in [5.41, 5.74) is 1.08. The second-order valence-corrected chi connectivity index (χ2v) is 9.21. The maximum Gasteiger partial charge on any atom is 0.236 e. The number of piperidine rings is 1. The first kappa shape index (κ1) is 19.5. The lowest BCUT2D eigenvalue weighted by molar-refractivity contribution is -0.133. The summed E-state index contributed by atoms with van der Waals surface area (Å²) in [6.45, 7) is 5.81. The number of benzene rings is 1. The van der Waals surface area contributed by atoms with E-state index >= 15 is 0 Å². The quantitative estimate of drug-likeness (QED) is 0.647. The molecule has 0 radical (unpaired) electrons. The Morgan fingerprint density at radius 3 is 2.67 bits per heavy atom. The van der Waals surface area contributed by atoms with Crippen molar-refractivity contribution in [3.8, 4) is 0 Å². The molecule has 1 amide bonds. The summed E-state index contributed by atoms with van der Waals surface area (Å²) in [6, 6.07) is 14.3. The van der Waals surface area contributed by atoms with Crippen molar-refractivity contribution in [1.29, 1.82) is 0 Å². The van der Waals surface area contributed by atoms with E-state index < -0.39 is 0 Å². The number of carbonyl (C=O) groups excluding carboxylic acids is 1. The lowest BCUT2D eigenvalue weighted by atomic mass is 9.98. The number of pyridine rings is 1. The number of para-hydroxylation sites is 1. The van der Waals surface area contributed by atoms with Crippen LogP contribution in [0, 0.1) is 0 Å². The van der Waals surface area contributed by atoms with Gasteiger partial charge in [-0.1, -0.05) is 18.2 Å². The second-order valence-electron chi connectivity index (χ2n) is 8.15. The molecule has 0 aliphatic carbocycles. The maximum atomic E-state index is 13.0. The molecule has 2 aromatic heterocycles. The number of rotatable bonds is 4. The van der Waals surface area contributed by atoms with Crippen LogP contribution in [0.15, 0.2) is 48.7 Å². The van der Waals surface area contributed by atoms with Crippen LogP contribution in [0.2, 0.25) is 0 Å². The first-order chi connectivity index (χ1) is 14.8. The Labute approximate surface area is 181 Å². The van der Waals surface area contributed by atoms with Crippen LogP contribution < -0.4 is 4.90 Å². The normalized spacial score (nSPS) is 20.6. The number of likely N-dealkylation sites (tertiary alicyclic amines) is 1. The zero-order valence-corrected chi connectivity index (χ0v) is 17.9. The summed E-state index contributed by atoms with van der Waals surface area (Å²) in [5, 5.41) is 1.18. The molecule has 6 nitrogen and oxygen atoms in total. The van der Waals surface area contributed by atoms with Gasteiger partial charge in [0.25, 0.3) is 0 Å². The number of piperazine rings is 1. The predicted molar refractivity (Wildman–Crippen MR) is 121 cm³/mol. The number of aromatic nitrogens is 2. The summed E-state index contributed by atoms with van der Waals surface area (Å²) >= 11 is 1.78. The van der Waals surface area contributed by atoms with E-state index in [1.807, 2.05) is 24.4 Å². The Morgan fingerprint density at radius 1 is 1.03 bits per heavy atom. The largest absolute Gasteiger partial charge is 0.354 e. The van der Waals surface area contributed by atoms with E-state index in [-0.39, 0.29) is 5.91 Å². The van der Waals surface area contributed by atoms with Gasteiger partial charge in [0.05, 0.1) is 21.8 Å². The van der Waals surface area contributed by atoms with Gasteiger partial charge in [-0.3, -0.25) is 9.69 Å². The minimum Gasteiger partial charge on any atom is -0.354 e. The molecule has 30 heavy (non-hydrogen) atoms. The van der Waals surface area contributed by atoms with Crippen molar-refractivity contribution in [1.82, 2.24) is 19.8 Å². The van der Waals surface area contributed by atoms with Crippen LogP contribution in [0.5, 0.6) is 0 Å². The SMILES string of the molecule is O=C(CN1CCN(c2ccccn2)CC1)N1CCC[C@H](c2nc3ccccc3s2)C1. The Kier molecular flexibility index (Phi) is 5.64. The van der Waals surface area contributed by atoms with Gasteiger partial charge in [0.2, 0.25) is 5.91 Å². The van der Waals surface area contributed by atoms with Gasteiger partial charge in [-0.25, -0.2) is 9.97 Å². The van der Waals surface area contributed by atoms with Gasteiger partial charge in [-0.05, 0) is 37.1 Å². The van der Waals surface area contributed by atoms with Crippen molar-refractivity contribution >= 4 is 33.3 Å². The van der Waals surface area contributed by atoms with Crippen molar-refractivity contribution < 1.29 is 4.79 Å². The standard InChI is InChI=1S/C23H27N5OS/c29-22(17-26-12-14-27(15-13-26)21-9-3-4-10-24-21)28-11-5-6-18(16-28)23-25-19-7-1-2-8-20(19)30-23/h1-4,7-10,18H,5-6,11-17H2/t18-/m0/s1. The molecule has 2 aliphatic rings. The second kappa shape index (κ2) is 8.70.